The molecule has 3 rings (SSSR count). The van der Waals surface area contributed by atoms with E-state index in [1.807, 2.05) is 12.1 Å². The van der Waals surface area contributed by atoms with E-state index in [1.165, 1.54) is 19.9 Å². The third-order valence-electron chi connectivity index (χ3n) is 5.59. The Morgan fingerprint density at radius 1 is 1.06 bits per heavy atom. The maximum atomic E-state index is 13.4. The highest BCUT2D eigenvalue weighted by atomic mass is 19.4. The van der Waals surface area contributed by atoms with Crippen LogP contribution in [0.2, 0.25) is 0 Å². The van der Waals surface area contributed by atoms with E-state index in [9.17, 15) is 22.8 Å². The zero-order valence-corrected chi connectivity index (χ0v) is 19.2. The van der Waals surface area contributed by atoms with Gasteiger partial charge in [-0.05, 0) is 30.2 Å². The van der Waals surface area contributed by atoms with E-state index in [0.717, 1.165) is 18.8 Å². The Bertz CT molecular complexity index is 1020. The monoisotopic (exact) mass is 479 g/mol. The SMILES string of the molecule is CC(=O)N1CCN(c2ccc(Nc3cc(N[C@@H](C(C)C)C(F)(F)F)c(C(N)=O)nn3)cc2)CC1. The number of carbonyl (C=O) groups is 2. The summed E-state index contributed by atoms with van der Waals surface area (Å²) >= 11 is 0. The molecule has 1 aromatic heterocycles. The van der Waals surface area contributed by atoms with Crippen LogP contribution in [0.15, 0.2) is 30.3 Å². The Labute approximate surface area is 195 Å². The summed E-state index contributed by atoms with van der Waals surface area (Å²) in [5, 5.41) is 12.9. The molecule has 0 unspecified atom stereocenters. The quantitative estimate of drug-likeness (QED) is 0.559. The molecule has 184 valence electrons. The summed E-state index contributed by atoms with van der Waals surface area (Å²) in [6.07, 6.45) is -4.54. The van der Waals surface area contributed by atoms with Crippen molar-refractivity contribution in [2.24, 2.45) is 11.7 Å². The molecule has 1 aliphatic heterocycles. The predicted molar refractivity (Wildman–Crippen MR) is 123 cm³/mol. The summed E-state index contributed by atoms with van der Waals surface area (Å²) in [6.45, 7) is 7.15. The number of benzene rings is 1. The van der Waals surface area contributed by atoms with Crippen molar-refractivity contribution in [3.05, 3.63) is 36.0 Å². The van der Waals surface area contributed by atoms with E-state index in [1.54, 1.807) is 24.0 Å². The Morgan fingerprint density at radius 2 is 1.68 bits per heavy atom. The lowest BCUT2D eigenvalue weighted by molar-refractivity contribution is -0.150. The maximum Gasteiger partial charge on any atom is 0.408 e. The molecule has 1 atom stereocenters. The van der Waals surface area contributed by atoms with Gasteiger partial charge in [0, 0.05) is 50.5 Å². The molecule has 34 heavy (non-hydrogen) atoms. The molecule has 1 fully saturated rings. The van der Waals surface area contributed by atoms with Crippen LogP contribution in [0.25, 0.3) is 0 Å². The van der Waals surface area contributed by atoms with E-state index in [0.29, 0.717) is 18.8 Å². The normalized spacial score (nSPS) is 15.3. The molecule has 2 aromatic rings. The number of amides is 2. The second-order valence-corrected chi connectivity index (χ2v) is 8.43. The molecule has 1 saturated heterocycles. The lowest BCUT2D eigenvalue weighted by Gasteiger charge is -2.35. The van der Waals surface area contributed by atoms with E-state index < -0.39 is 24.0 Å². The van der Waals surface area contributed by atoms with Gasteiger partial charge in [-0.25, -0.2) is 0 Å². The zero-order chi connectivity index (χ0) is 25.0. The Morgan fingerprint density at radius 3 is 2.18 bits per heavy atom. The smallest absolute Gasteiger partial charge is 0.372 e. The van der Waals surface area contributed by atoms with Gasteiger partial charge in [-0.1, -0.05) is 13.8 Å². The summed E-state index contributed by atoms with van der Waals surface area (Å²) in [7, 11) is 0. The van der Waals surface area contributed by atoms with Gasteiger partial charge in [-0.3, -0.25) is 9.59 Å². The van der Waals surface area contributed by atoms with Crippen LogP contribution in [0.1, 0.15) is 31.3 Å². The molecule has 0 bridgehead atoms. The van der Waals surface area contributed by atoms with Crippen LogP contribution in [0.4, 0.5) is 36.1 Å². The van der Waals surface area contributed by atoms with Gasteiger partial charge in [-0.15, -0.1) is 10.2 Å². The number of rotatable bonds is 7. The second kappa shape index (κ2) is 10.1. The number of primary amides is 1. The molecule has 9 nitrogen and oxygen atoms in total. The zero-order valence-electron chi connectivity index (χ0n) is 19.2. The first-order valence-corrected chi connectivity index (χ1v) is 10.8. The number of piperazine rings is 1. The largest absolute Gasteiger partial charge is 0.408 e. The Hall–Kier alpha value is -3.57. The lowest BCUT2D eigenvalue weighted by atomic mass is 10.0. The number of hydrogen-bond acceptors (Lipinski definition) is 7. The standard InChI is InChI=1S/C22H28F3N7O2/c1-13(2)20(22(23,24)25)28-17-12-18(29-30-19(17)21(26)34)27-15-4-6-16(7-5-15)32-10-8-31(9-11-32)14(3)33/h4-7,12-13,20H,8-11H2,1-3H3,(H2,26,34)(H2,27,28,29)/t20-/m0/s1. The minimum atomic E-state index is -4.54. The van der Waals surface area contributed by atoms with Gasteiger partial charge in [0.1, 0.15) is 6.04 Å². The third kappa shape index (κ3) is 6.06. The van der Waals surface area contributed by atoms with E-state index >= 15 is 0 Å². The van der Waals surface area contributed by atoms with Crippen molar-refractivity contribution >= 4 is 34.7 Å². The van der Waals surface area contributed by atoms with Gasteiger partial charge >= 0.3 is 6.18 Å². The fourth-order valence-corrected chi connectivity index (χ4v) is 3.72. The van der Waals surface area contributed by atoms with Gasteiger partial charge in [0.15, 0.2) is 11.5 Å². The molecule has 2 amide bonds. The molecule has 1 aliphatic rings. The first-order valence-electron chi connectivity index (χ1n) is 10.8. The molecule has 2 heterocycles. The summed E-state index contributed by atoms with van der Waals surface area (Å²) in [5.74, 6) is -1.57. The highest BCUT2D eigenvalue weighted by Crippen LogP contribution is 2.30. The third-order valence-corrected chi connectivity index (χ3v) is 5.59. The number of hydrogen-bond donors (Lipinski definition) is 3. The van der Waals surface area contributed by atoms with Crippen LogP contribution in [-0.2, 0) is 4.79 Å². The highest BCUT2D eigenvalue weighted by molar-refractivity contribution is 5.96. The van der Waals surface area contributed by atoms with Crippen molar-refractivity contribution in [3.63, 3.8) is 0 Å². The molecule has 0 aliphatic carbocycles. The molecule has 0 radical (unpaired) electrons. The van der Waals surface area contributed by atoms with Crippen molar-refractivity contribution in [2.75, 3.05) is 41.7 Å². The maximum absolute atomic E-state index is 13.4. The summed E-state index contributed by atoms with van der Waals surface area (Å²) in [5.41, 5.74) is 6.37. The van der Waals surface area contributed by atoms with Gasteiger partial charge in [0.2, 0.25) is 5.91 Å². The number of anilines is 4. The summed E-state index contributed by atoms with van der Waals surface area (Å²) in [6, 6.07) is 6.78. The first-order chi connectivity index (χ1) is 16.0. The number of aromatic nitrogens is 2. The van der Waals surface area contributed by atoms with Gasteiger partial charge in [0.05, 0.1) is 5.69 Å². The average Bonchev–Trinajstić information content (AvgIpc) is 2.77. The summed E-state index contributed by atoms with van der Waals surface area (Å²) in [4.78, 5) is 27.1. The molecule has 0 saturated carbocycles. The van der Waals surface area contributed by atoms with Gasteiger partial charge < -0.3 is 26.2 Å². The van der Waals surface area contributed by atoms with Crippen LogP contribution < -0.4 is 21.3 Å². The number of halogens is 3. The molecule has 12 heteroatoms. The number of alkyl halides is 3. The van der Waals surface area contributed by atoms with Crippen molar-refractivity contribution in [1.29, 1.82) is 0 Å². The van der Waals surface area contributed by atoms with E-state index in [2.05, 4.69) is 25.7 Å². The highest BCUT2D eigenvalue weighted by Gasteiger charge is 2.42. The molecule has 0 spiro atoms. The lowest BCUT2D eigenvalue weighted by Crippen LogP contribution is -2.48. The Balaban J connectivity index is 1.75. The van der Waals surface area contributed by atoms with Crippen molar-refractivity contribution in [3.8, 4) is 0 Å². The van der Waals surface area contributed by atoms with Gasteiger partial charge in [-0.2, -0.15) is 13.2 Å². The minimum absolute atomic E-state index is 0.0615. The van der Waals surface area contributed by atoms with Crippen molar-refractivity contribution in [1.82, 2.24) is 15.1 Å². The molecule has 4 N–H and O–H groups in total. The second-order valence-electron chi connectivity index (χ2n) is 8.43. The molecular weight excluding hydrogens is 451 g/mol. The summed E-state index contributed by atoms with van der Waals surface area (Å²) < 4.78 is 40.3. The Kier molecular flexibility index (Phi) is 7.48. The van der Waals surface area contributed by atoms with Crippen LogP contribution in [-0.4, -0.2) is 65.3 Å². The fraction of sp³-hybridized carbons (Fsp3) is 0.455. The molecule has 1 aromatic carbocycles. The van der Waals surface area contributed by atoms with Crippen LogP contribution in [0.3, 0.4) is 0 Å². The number of carbonyl (C=O) groups excluding carboxylic acids is 2. The van der Waals surface area contributed by atoms with Crippen molar-refractivity contribution in [2.45, 2.75) is 33.0 Å². The average molecular weight is 480 g/mol. The van der Waals surface area contributed by atoms with E-state index in [4.69, 9.17) is 5.73 Å². The van der Waals surface area contributed by atoms with Crippen LogP contribution >= 0.6 is 0 Å². The van der Waals surface area contributed by atoms with Crippen molar-refractivity contribution < 1.29 is 22.8 Å². The number of nitrogens with two attached hydrogens (primary N) is 1. The fourth-order valence-electron chi connectivity index (χ4n) is 3.72. The first kappa shape index (κ1) is 25.1. The topological polar surface area (TPSA) is 116 Å². The minimum Gasteiger partial charge on any atom is -0.372 e. The van der Waals surface area contributed by atoms with E-state index in [-0.39, 0.29) is 23.1 Å². The van der Waals surface area contributed by atoms with Crippen LogP contribution in [0.5, 0.6) is 0 Å². The number of nitrogens with zero attached hydrogens (tertiary/aromatic N) is 4. The molecular formula is C22H28F3N7O2. The van der Waals surface area contributed by atoms with Gasteiger partial charge in [0.25, 0.3) is 5.91 Å². The predicted octanol–water partition coefficient (Wildman–Crippen LogP) is 2.99. The van der Waals surface area contributed by atoms with Crippen LogP contribution in [0, 0.1) is 5.92 Å². The number of nitrogens with one attached hydrogen (secondary N) is 2.